The summed E-state index contributed by atoms with van der Waals surface area (Å²) in [5, 5.41) is 6.37. The molecule has 6 nitrogen and oxygen atoms in total. The Balaban J connectivity index is 0.00000420. The van der Waals surface area contributed by atoms with Crippen molar-refractivity contribution in [3.8, 4) is 5.75 Å². The van der Waals surface area contributed by atoms with Gasteiger partial charge in [-0.3, -0.25) is 0 Å². The van der Waals surface area contributed by atoms with Gasteiger partial charge >= 0.3 is 6.18 Å². The van der Waals surface area contributed by atoms with Crippen molar-refractivity contribution >= 4 is 29.9 Å². The average Bonchev–Trinajstić information content (AvgIpc) is 2.63. The summed E-state index contributed by atoms with van der Waals surface area (Å²) in [7, 11) is 2.05. The SMILES string of the molecule is CCNC(=NCc1ccc(C)cc1OCC(F)(F)F)NCC1CN(C)CCO1.I. The van der Waals surface area contributed by atoms with E-state index in [0.29, 0.717) is 31.2 Å². The van der Waals surface area contributed by atoms with Gasteiger partial charge in [0.25, 0.3) is 0 Å². The third-order valence-electron chi connectivity index (χ3n) is 4.20. The second-order valence-electron chi connectivity index (χ2n) is 6.85. The highest BCUT2D eigenvalue weighted by Gasteiger charge is 2.28. The highest BCUT2D eigenvalue weighted by Crippen LogP contribution is 2.24. The molecule has 10 heteroatoms. The van der Waals surface area contributed by atoms with Crippen molar-refractivity contribution in [3.05, 3.63) is 29.3 Å². The first-order valence-electron chi connectivity index (χ1n) is 9.38. The Morgan fingerprint density at radius 3 is 2.76 bits per heavy atom. The Bertz CT molecular complexity index is 659. The van der Waals surface area contributed by atoms with Gasteiger partial charge in [-0.1, -0.05) is 12.1 Å². The maximum Gasteiger partial charge on any atom is 0.422 e. The summed E-state index contributed by atoms with van der Waals surface area (Å²) in [6.45, 7) is 6.35. The summed E-state index contributed by atoms with van der Waals surface area (Å²) in [6, 6.07) is 5.17. The predicted molar refractivity (Wildman–Crippen MR) is 118 cm³/mol. The van der Waals surface area contributed by atoms with E-state index in [0.717, 1.165) is 18.7 Å². The molecule has 0 aliphatic carbocycles. The predicted octanol–water partition coefficient (Wildman–Crippen LogP) is 2.94. The van der Waals surface area contributed by atoms with Crippen molar-refractivity contribution in [2.45, 2.75) is 32.7 Å². The van der Waals surface area contributed by atoms with Crippen molar-refractivity contribution in [2.75, 3.05) is 46.4 Å². The highest BCUT2D eigenvalue weighted by atomic mass is 127. The van der Waals surface area contributed by atoms with Crippen LogP contribution in [0.2, 0.25) is 0 Å². The Morgan fingerprint density at radius 2 is 2.10 bits per heavy atom. The van der Waals surface area contributed by atoms with Crippen molar-refractivity contribution in [3.63, 3.8) is 0 Å². The summed E-state index contributed by atoms with van der Waals surface area (Å²) in [6.07, 6.45) is -4.32. The molecule has 1 atom stereocenters. The second kappa shape index (κ2) is 12.4. The third kappa shape index (κ3) is 9.85. The summed E-state index contributed by atoms with van der Waals surface area (Å²) in [5.74, 6) is 0.788. The molecule has 0 spiro atoms. The van der Waals surface area contributed by atoms with Crippen LogP contribution in [-0.4, -0.2) is 69.6 Å². The van der Waals surface area contributed by atoms with Crippen LogP contribution in [0.3, 0.4) is 0 Å². The molecule has 0 aromatic heterocycles. The molecule has 1 unspecified atom stereocenters. The van der Waals surface area contributed by atoms with E-state index in [4.69, 9.17) is 9.47 Å². The number of aliphatic imine (C=N–C) groups is 1. The zero-order chi connectivity index (χ0) is 20.6. The molecular weight excluding hydrogens is 500 g/mol. The van der Waals surface area contributed by atoms with E-state index in [1.165, 1.54) is 0 Å². The Morgan fingerprint density at radius 1 is 1.34 bits per heavy atom. The minimum atomic E-state index is -4.38. The number of halogens is 4. The lowest BCUT2D eigenvalue weighted by molar-refractivity contribution is -0.153. The van der Waals surface area contributed by atoms with Gasteiger partial charge in [0.1, 0.15) is 5.75 Å². The molecule has 1 aliphatic heterocycles. The number of aryl methyl sites for hydroxylation is 1. The highest BCUT2D eigenvalue weighted by molar-refractivity contribution is 14.0. The molecule has 0 amide bonds. The van der Waals surface area contributed by atoms with E-state index in [2.05, 4.69) is 27.6 Å². The first-order chi connectivity index (χ1) is 13.3. The average molecular weight is 530 g/mol. The molecule has 29 heavy (non-hydrogen) atoms. The molecule has 1 aromatic rings. The number of hydrogen-bond acceptors (Lipinski definition) is 4. The molecule has 1 saturated heterocycles. The summed E-state index contributed by atoms with van der Waals surface area (Å²) < 4.78 is 48.2. The zero-order valence-electron chi connectivity index (χ0n) is 17.0. The maximum atomic E-state index is 12.5. The molecule has 2 rings (SSSR count). The van der Waals surface area contributed by atoms with Crippen LogP contribution in [0.5, 0.6) is 5.75 Å². The Kier molecular flexibility index (Phi) is 11.0. The summed E-state index contributed by atoms with van der Waals surface area (Å²) in [5.41, 5.74) is 1.43. The summed E-state index contributed by atoms with van der Waals surface area (Å²) in [4.78, 5) is 6.69. The number of benzene rings is 1. The van der Waals surface area contributed by atoms with Crippen LogP contribution in [-0.2, 0) is 11.3 Å². The van der Waals surface area contributed by atoms with E-state index in [1.54, 1.807) is 19.1 Å². The molecular formula is C19H30F3IN4O2. The van der Waals surface area contributed by atoms with Gasteiger partial charge < -0.3 is 25.0 Å². The molecule has 1 aliphatic rings. The van der Waals surface area contributed by atoms with Crippen LogP contribution in [0, 0.1) is 6.92 Å². The lowest BCUT2D eigenvalue weighted by Crippen LogP contribution is -2.48. The van der Waals surface area contributed by atoms with E-state index in [9.17, 15) is 13.2 Å². The minimum Gasteiger partial charge on any atom is -0.484 e. The van der Waals surface area contributed by atoms with Crippen LogP contribution in [0.25, 0.3) is 0 Å². The number of hydrogen-bond donors (Lipinski definition) is 2. The monoisotopic (exact) mass is 530 g/mol. The molecule has 0 saturated carbocycles. The number of morpholine rings is 1. The van der Waals surface area contributed by atoms with E-state index < -0.39 is 12.8 Å². The van der Waals surface area contributed by atoms with Crippen LogP contribution >= 0.6 is 24.0 Å². The Hall–Kier alpha value is -1.27. The van der Waals surface area contributed by atoms with Crippen LogP contribution in [0.1, 0.15) is 18.1 Å². The molecule has 166 valence electrons. The molecule has 0 bridgehead atoms. The van der Waals surface area contributed by atoms with Crippen LogP contribution in [0.4, 0.5) is 13.2 Å². The number of nitrogens with zero attached hydrogens (tertiary/aromatic N) is 2. The smallest absolute Gasteiger partial charge is 0.422 e. The fourth-order valence-electron chi connectivity index (χ4n) is 2.79. The van der Waals surface area contributed by atoms with Gasteiger partial charge in [0.2, 0.25) is 0 Å². The molecule has 1 heterocycles. The van der Waals surface area contributed by atoms with E-state index in [1.807, 2.05) is 13.0 Å². The number of nitrogens with one attached hydrogen (secondary N) is 2. The standard InChI is InChI=1S/C19H29F3N4O2.HI/c1-4-23-18(25-11-16-12-26(3)7-8-27-16)24-10-15-6-5-14(2)9-17(15)28-13-19(20,21)22;/h5-6,9,16H,4,7-8,10-13H2,1-3H3,(H2,23,24,25);1H. The van der Waals surface area contributed by atoms with Crippen molar-refractivity contribution in [1.29, 1.82) is 0 Å². The zero-order valence-corrected chi connectivity index (χ0v) is 19.3. The van der Waals surface area contributed by atoms with Crippen molar-refractivity contribution in [2.24, 2.45) is 4.99 Å². The van der Waals surface area contributed by atoms with Crippen molar-refractivity contribution < 1.29 is 22.6 Å². The number of guanidine groups is 1. The molecule has 2 N–H and O–H groups in total. The molecule has 1 aromatic carbocycles. The normalized spacial score (nSPS) is 18.1. The van der Waals surface area contributed by atoms with Gasteiger partial charge in [0, 0.05) is 31.7 Å². The fourth-order valence-corrected chi connectivity index (χ4v) is 2.79. The van der Waals surface area contributed by atoms with Crippen LogP contribution in [0.15, 0.2) is 23.2 Å². The lowest BCUT2D eigenvalue weighted by atomic mass is 10.1. The first kappa shape index (κ1) is 25.8. The number of ether oxygens (including phenoxy) is 2. The van der Waals surface area contributed by atoms with Crippen LogP contribution < -0.4 is 15.4 Å². The summed E-state index contributed by atoms with van der Waals surface area (Å²) >= 11 is 0. The number of likely N-dealkylation sites (N-methyl/N-ethyl adjacent to an activating group) is 1. The number of alkyl halides is 3. The molecule has 0 radical (unpaired) electrons. The lowest BCUT2D eigenvalue weighted by Gasteiger charge is -2.30. The molecule has 1 fully saturated rings. The first-order valence-corrected chi connectivity index (χ1v) is 9.38. The van der Waals surface area contributed by atoms with Gasteiger partial charge in [0.15, 0.2) is 12.6 Å². The van der Waals surface area contributed by atoms with Gasteiger partial charge in [-0.2, -0.15) is 13.2 Å². The topological polar surface area (TPSA) is 58.1 Å². The minimum absolute atomic E-state index is 0. The van der Waals surface area contributed by atoms with Crippen molar-refractivity contribution in [1.82, 2.24) is 15.5 Å². The van der Waals surface area contributed by atoms with Gasteiger partial charge in [-0.15, -0.1) is 24.0 Å². The maximum absolute atomic E-state index is 12.5. The van der Waals surface area contributed by atoms with E-state index >= 15 is 0 Å². The third-order valence-corrected chi connectivity index (χ3v) is 4.20. The van der Waals surface area contributed by atoms with E-state index in [-0.39, 0.29) is 42.4 Å². The Labute approximate surface area is 187 Å². The van der Waals surface area contributed by atoms with Gasteiger partial charge in [-0.05, 0) is 32.5 Å². The fraction of sp³-hybridized carbons (Fsp3) is 0.632. The quantitative estimate of drug-likeness (QED) is 0.323. The van der Waals surface area contributed by atoms with Gasteiger partial charge in [0.05, 0.1) is 19.3 Å². The second-order valence-corrected chi connectivity index (χ2v) is 6.85. The largest absolute Gasteiger partial charge is 0.484 e. The van der Waals surface area contributed by atoms with Gasteiger partial charge in [-0.25, -0.2) is 4.99 Å². The number of rotatable bonds is 7.